The van der Waals surface area contributed by atoms with E-state index in [4.69, 9.17) is 14.0 Å². The van der Waals surface area contributed by atoms with Crippen LogP contribution in [-0.4, -0.2) is 42.3 Å². The highest BCUT2D eigenvalue weighted by Gasteiger charge is 2.52. The van der Waals surface area contributed by atoms with Gasteiger partial charge in [0.15, 0.2) is 0 Å². The lowest BCUT2D eigenvalue weighted by Gasteiger charge is -2.32. The fourth-order valence-corrected chi connectivity index (χ4v) is 2.61. The number of hydrogen-bond donors (Lipinski definition) is 1. The molecule has 0 radical (unpaired) electrons. The van der Waals surface area contributed by atoms with Crippen molar-refractivity contribution in [2.24, 2.45) is 5.41 Å². The lowest BCUT2D eigenvalue weighted by molar-refractivity contribution is -0.117. The average molecular weight is 376 g/mol. The van der Waals surface area contributed by atoms with Crippen molar-refractivity contribution in [2.45, 2.75) is 66.1 Å². The second-order valence-electron chi connectivity index (χ2n) is 9.04. The van der Waals surface area contributed by atoms with E-state index < -0.39 is 24.3 Å². The van der Waals surface area contributed by atoms with Gasteiger partial charge in [-0.1, -0.05) is 20.8 Å². The predicted molar refractivity (Wildman–Crippen MR) is 104 cm³/mol. The molecule has 1 aliphatic rings. The third kappa shape index (κ3) is 5.08. The number of carbonyl (C=O) groups excluding carboxylic acids is 2. The number of rotatable bonds is 4. The Kier molecular flexibility index (Phi) is 5.73. The maximum Gasteiger partial charge on any atom is 0.495 e. The standard InChI is InChI=1S/C19H29BN2O5/c1-17(2,3)11-15(23)22-14-10-12(9-13(21-14)16(24)25-8)20-26-18(4,5)19(6,7)27-20/h9-10H,11H2,1-8H3,(H,21,22,23). The Bertz CT molecular complexity index is 724. The number of anilines is 1. The van der Waals surface area contributed by atoms with Gasteiger partial charge in [-0.05, 0) is 50.7 Å². The number of aromatic nitrogens is 1. The quantitative estimate of drug-likeness (QED) is 0.642. The SMILES string of the molecule is COC(=O)c1cc(B2OC(C)(C)C(C)(C)O2)cc(NC(=O)CC(C)(C)C)n1. The fraction of sp³-hybridized carbons (Fsp3) is 0.632. The van der Waals surface area contributed by atoms with Crippen LogP contribution in [-0.2, 0) is 18.8 Å². The van der Waals surface area contributed by atoms with Crippen molar-refractivity contribution in [3.63, 3.8) is 0 Å². The van der Waals surface area contributed by atoms with Gasteiger partial charge in [0.25, 0.3) is 0 Å². The van der Waals surface area contributed by atoms with Gasteiger partial charge < -0.3 is 19.4 Å². The largest absolute Gasteiger partial charge is 0.495 e. The van der Waals surface area contributed by atoms with Gasteiger partial charge in [0.2, 0.25) is 5.91 Å². The molecule has 2 heterocycles. The van der Waals surface area contributed by atoms with E-state index in [2.05, 4.69) is 10.3 Å². The van der Waals surface area contributed by atoms with Gasteiger partial charge in [0, 0.05) is 6.42 Å². The van der Waals surface area contributed by atoms with Crippen molar-refractivity contribution in [1.29, 1.82) is 0 Å². The molecule has 148 valence electrons. The number of esters is 1. The van der Waals surface area contributed by atoms with Gasteiger partial charge in [0.1, 0.15) is 11.5 Å². The third-order valence-electron chi connectivity index (χ3n) is 4.73. The van der Waals surface area contributed by atoms with Gasteiger partial charge in [-0.25, -0.2) is 9.78 Å². The molecule has 1 fully saturated rings. The second kappa shape index (κ2) is 7.24. The first-order chi connectivity index (χ1) is 12.2. The first-order valence-electron chi connectivity index (χ1n) is 9.00. The molecule has 8 heteroatoms. The summed E-state index contributed by atoms with van der Waals surface area (Å²) >= 11 is 0. The number of nitrogens with one attached hydrogen (secondary N) is 1. The molecule has 0 unspecified atom stereocenters. The molecule has 27 heavy (non-hydrogen) atoms. The molecule has 1 aliphatic heterocycles. The zero-order chi connectivity index (χ0) is 20.6. The van der Waals surface area contributed by atoms with Crippen molar-refractivity contribution >= 4 is 30.3 Å². The monoisotopic (exact) mass is 376 g/mol. The molecule has 2 rings (SSSR count). The Morgan fingerprint density at radius 3 is 2.19 bits per heavy atom. The molecule has 1 aromatic heterocycles. The van der Waals surface area contributed by atoms with E-state index in [0.29, 0.717) is 11.9 Å². The highest BCUT2D eigenvalue weighted by Crippen LogP contribution is 2.36. The first-order valence-corrected chi connectivity index (χ1v) is 9.00. The summed E-state index contributed by atoms with van der Waals surface area (Å²) in [5.74, 6) is -0.520. The van der Waals surface area contributed by atoms with Crippen molar-refractivity contribution < 1.29 is 23.6 Å². The maximum absolute atomic E-state index is 12.3. The summed E-state index contributed by atoms with van der Waals surface area (Å²) in [6.45, 7) is 13.7. The molecule has 1 amide bonds. The summed E-state index contributed by atoms with van der Waals surface area (Å²) in [5.41, 5.74) is -0.548. The van der Waals surface area contributed by atoms with Crippen LogP contribution in [0.5, 0.6) is 0 Å². The Balaban J connectivity index is 2.35. The van der Waals surface area contributed by atoms with Crippen molar-refractivity contribution in [3.05, 3.63) is 17.8 Å². The number of carbonyl (C=O) groups is 2. The van der Waals surface area contributed by atoms with Crippen LogP contribution in [0, 0.1) is 5.41 Å². The van der Waals surface area contributed by atoms with Gasteiger partial charge in [-0.15, -0.1) is 0 Å². The van der Waals surface area contributed by atoms with Crippen LogP contribution < -0.4 is 10.8 Å². The fourth-order valence-electron chi connectivity index (χ4n) is 2.61. The first kappa shape index (κ1) is 21.4. The van der Waals surface area contributed by atoms with Crippen LogP contribution in [0.3, 0.4) is 0 Å². The summed E-state index contributed by atoms with van der Waals surface area (Å²) < 4.78 is 16.9. The van der Waals surface area contributed by atoms with E-state index in [1.165, 1.54) is 7.11 Å². The topological polar surface area (TPSA) is 86.8 Å². The van der Waals surface area contributed by atoms with Crippen LogP contribution in [0.25, 0.3) is 0 Å². The zero-order valence-corrected chi connectivity index (χ0v) is 17.4. The Morgan fingerprint density at radius 2 is 1.70 bits per heavy atom. The minimum atomic E-state index is -0.681. The molecular weight excluding hydrogens is 347 g/mol. The zero-order valence-electron chi connectivity index (χ0n) is 17.4. The van der Waals surface area contributed by atoms with E-state index >= 15 is 0 Å². The molecule has 1 saturated heterocycles. The molecular formula is C19H29BN2O5. The summed E-state index contributed by atoms with van der Waals surface area (Å²) in [6, 6.07) is 3.22. The Labute approximate surface area is 161 Å². The molecule has 0 bridgehead atoms. The number of hydrogen-bond acceptors (Lipinski definition) is 6. The number of nitrogens with zero attached hydrogens (tertiary/aromatic N) is 1. The number of ether oxygens (including phenoxy) is 1. The van der Waals surface area contributed by atoms with E-state index in [1.807, 2.05) is 48.5 Å². The van der Waals surface area contributed by atoms with Crippen LogP contribution in [0.15, 0.2) is 12.1 Å². The van der Waals surface area contributed by atoms with E-state index in [-0.39, 0.29) is 22.8 Å². The summed E-state index contributed by atoms with van der Waals surface area (Å²) in [4.78, 5) is 28.5. The van der Waals surface area contributed by atoms with Gasteiger partial charge >= 0.3 is 13.1 Å². The lowest BCUT2D eigenvalue weighted by Crippen LogP contribution is -2.41. The lowest BCUT2D eigenvalue weighted by atomic mass is 9.79. The van der Waals surface area contributed by atoms with E-state index in [9.17, 15) is 9.59 Å². The molecule has 0 atom stereocenters. The molecule has 1 aromatic rings. The van der Waals surface area contributed by atoms with Gasteiger partial charge in [0.05, 0.1) is 18.3 Å². The van der Waals surface area contributed by atoms with Gasteiger partial charge in [-0.2, -0.15) is 0 Å². The van der Waals surface area contributed by atoms with Crippen LogP contribution in [0.2, 0.25) is 0 Å². The normalized spacial score (nSPS) is 18.3. The van der Waals surface area contributed by atoms with Crippen molar-refractivity contribution in [1.82, 2.24) is 4.98 Å². The van der Waals surface area contributed by atoms with Crippen LogP contribution in [0.4, 0.5) is 5.82 Å². The molecule has 0 saturated carbocycles. The van der Waals surface area contributed by atoms with Crippen LogP contribution in [0.1, 0.15) is 65.4 Å². The van der Waals surface area contributed by atoms with E-state index in [1.54, 1.807) is 12.1 Å². The van der Waals surface area contributed by atoms with Gasteiger partial charge in [-0.3, -0.25) is 4.79 Å². The number of pyridine rings is 1. The molecule has 0 aromatic carbocycles. The maximum atomic E-state index is 12.3. The minimum Gasteiger partial charge on any atom is -0.464 e. The van der Waals surface area contributed by atoms with E-state index in [0.717, 1.165) is 0 Å². The number of methoxy groups -OCH3 is 1. The summed E-state index contributed by atoms with van der Waals surface area (Å²) in [6.07, 6.45) is 0.322. The summed E-state index contributed by atoms with van der Waals surface area (Å²) in [5, 5.41) is 2.75. The molecule has 7 nitrogen and oxygen atoms in total. The second-order valence-corrected chi connectivity index (χ2v) is 9.04. The minimum absolute atomic E-state index is 0.0794. The average Bonchev–Trinajstić information content (AvgIpc) is 2.72. The Hall–Kier alpha value is -1.93. The van der Waals surface area contributed by atoms with Crippen LogP contribution >= 0.6 is 0 Å². The highest BCUT2D eigenvalue weighted by atomic mass is 16.7. The molecule has 0 spiro atoms. The number of amides is 1. The summed E-state index contributed by atoms with van der Waals surface area (Å²) in [7, 11) is 0.600. The Morgan fingerprint density at radius 1 is 1.15 bits per heavy atom. The predicted octanol–water partition coefficient (Wildman–Crippen LogP) is 2.54. The molecule has 0 aliphatic carbocycles. The third-order valence-corrected chi connectivity index (χ3v) is 4.73. The van der Waals surface area contributed by atoms with Crippen molar-refractivity contribution in [2.75, 3.05) is 12.4 Å². The smallest absolute Gasteiger partial charge is 0.464 e. The van der Waals surface area contributed by atoms with Crippen molar-refractivity contribution in [3.8, 4) is 0 Å². The highest BCUT2D eigenvalue weighted by molar-refractivity contribution is 6.62. The molecule has 1 N–H and O–H groups in total.